The van der Waals surface area contributed by atoms with E-state index in [1.54, 1.807) is 30.3 Å². The fourth-order valence-electron chi connectivity index (χ4n) is 1.79. The normalized spacial score (nSPS) is 12.0. The number of amidine groups is 1. The van der Waals surface area contributed by atoms with Crippen LogP contribution in [0.5, 0.6) is 0 Å². The zero-order valence-electron chi connectivity index (χ0n) is 13.2. The average Bonchev–Trinajstić information content (AvgIpc) is 2.60. The van der Waals surface area contributed by atoms with E-state index in [-0.39, 0.29) is 10.1 Å². The molecule has 2 aromatic carbocycles. The number of carboxylic acids is 1. The lowest BCUT2D eigenvalue weighted by Gasteiger charge is -2.11. The lowest BCUT2D eigenvalue weighted by molar-refractivity contribution is -0.301. The molecule has 2 rings (SSSR count). The molecule has 0 amide bonds. The molecule has 0 aromatic heterocycles. The van der Waals surface area contributed by atoms with Crippen LogP contribution in [0.4, 0.5) is 5.69 Å². The van der Waals surface area contributed by atoms with Gasteiger partial charge < -0.3 is 15.2 Å². The van der Waals surface area contributed by atoms with Crippen LogP contribution in [-0.2, 0) is 14.8 Å². The summed E-state index contributed by atoms with van der Waals surface area (Å²) in [4.78, 5) is 11.7. The van der Waals surface area contributed by atoms with Gasteiger partial charge in [0.25, 0.3) is 10.0 Å². The second-order valence-corrected chi connectivity index (χ2v) is 8.15. The highest BCUT2D eigenvalue weighted by atomic mass is 32.2. The van der Waals surface area contributed by atoms with Crippen LogP contribution in [-0.4, -0.2) is 31.6 Å². The number of carboxylic acid groups (broad SMARTS) is 1. The molecule has 0 bridgehead atoms. The molecule has 0 aliphatic carbocycles. The van der Waals surface area contributed by atoms with E-state index in [0.717, 1.165) is 16.7 Å². The molecular formula is C16H15N2O4S3-. The van der Waals surface area contributed by atoms with Gasteiger partial charge in [-0.05, 0) is 36.6 Å². The minimum absolute atomic E-state index is 0.0289. The van der Waals surface area contributed by atoms with E-state index in [0.29, 0.717) is 5.69 Å². The van der Waals surface area contributed by atoms with E-state index in [1.807, 2.05) is 18.4 Å². The molecule has 0 saturated heterocycles. The Morgan fingerprint density at radius 1 is 1.16 bits per heavy atom. The summed E-state index contributed by atoms with van der Waals surface area (Å²) in [5.41, 5.74) is 0.611. The summed E-state index contributed by atoms with van der Waals surface area (Å²) in [6.45, 7) is 0. The third kappa shape index (κ3) is 6.11. The van der Waals surface area contributed by atoms with E-state index in [2.05, 4.69) is 9.71 Å². The molecule has 25 heavy (non-hydrogen) atoms. The molecular weight excluding hydrogens is 380 g/mol. The van der Waals surface area contributed by atoms with Crippen LogP contribution >= 0.6 is 23.5 Å². The number of hydrogen-bond donors (Lipinski definition) is 1. The largest absolute Gasteiger partial charge is 0.549 e. The first-order valence-electron chi connectivity index (χ1n) is 7.04. The number of anilines is 1. The predicted octanol–water partition coefficient (Wildman–Crippen LogP) is 2.05. The van der Waals surface area contributed by atoms with Crippen molar-refractivity contribution in [3.63, 3.8) is 0 Å². The van der Waals surface area contributed by atoms with Crippen molar-refractivity contribution in [2.24, 2.45) is 4.40 Å². The molecule has 0 heterocycles. The van der Waals surface area contributed by atoms with E-state index in [4.69, 9.17) is 0 Å². The SMILES string of the molecule is CSc1cccc(NC(=NS(=O)(=O)c2ccccc2)SCC(=O)[O-])c1. The molecule has 0 unspecified atom stereocenters. The second kappa shape index (κ2) is 8.93. The number of carbonyl (C=O) groups excluding carboxylic acids is 1. The Morgan fingerprint density at radius 3 is 2.52 bits per heavy atom. The molecule has 0 atom stereocenters. The number of thioether (sulfide) groups is 2. The van der Waals surface area contributed by atoms with Crippen LogP contribution in [0, 0.1) is 0 Å². The summed E-state index contributed by atoms with van der Waals surface area (Å²) in [5.74, 6) is -1.73. The lowest BCUT2D eigenvalue weighted by Crippen LogP contribution is -2.26. The monoisotopic (exact) mass is 395 g/mol. The van der Waals surface area contributed by atoms with Gasteiger partial charge in [-0.3, -0.25) is 0 Å². The topological polar surface area (TPSA) is 98.7 Å². The number of sulfonamides is 1. The number of nitrogens with zero attached hydrogens (tertiary/aromatic N) is 1. The van der Waals surface area contributed by atoms with Crippen molar-refractivity contribution in [2.75, 3.05) is 17.3 Å². The maximum Gasteiger partial charge on any atom is 0.284 e. The highest BCUT2D eigenvalue weighted by molar-refractivity contribution is 8.15. The molecule has 0 aliphatic heterocycles. The molecule has 0 aliphatic rings. The van der Waals surface area contributed by atoms with Crippen molar-refractivity contribution in [1.29, 1.82) is 0 Å². The van der Waals surface area contributed by atoms with Gasteiger partial charge in [-0.2, -0.15) is 8.42 Å². The van der Waals surface area contributed by atoms with Gasteiger partial charge in [-0.25, -0.2) is 0 Å². The Kier molecular flexibility index (Phi) is 6.91. The van der Waals surface area contributed by atoms with Gasteiger partial charge in [-0.1, -0.05) is 36.0 Å². The number of carbonyl (C=O) groups is 1. The standard InChI is InChI=1S/C16H16N2O4S3/c1-23-13-7-5-6-12(10-13)17-16(24-11-15(19)20)18-25(21,22)14-8-3-2-4-9-14/h2-10H,11H2,1H3,(H,17,18)(H,19,20)/p-1. The van der Waals surface area contributed by atoms with Gasteiger partial charge in [0.05, 0.1) is 10.9 Å². The fraction of sp³-hybridized carbons (Fsp3) is 0.125. The van der Waals surface area contributed by atoms with Crippen LogP contribution in [0.2, 0.25) is 0 Å². The Morgan fingerprint density at radius 2 is 1.88 bits per heavy atom. The molecule has 1 N–H and O–H groups in total. The highest BCUT2D eigenvalue weighted by Gasteiger charge is 2.15. The predicted molar refractivity (Wildman–Crippen MR) is 100 cm³/mol. The fourth-order valence-corrected chi connectivity index (χ4v) is 4.07. The van der Waals surface area contributed by atoms with E-state index in [1.165, 1.54) is 23.9 Å². The molecule has 6 nitrogen and oxygen atoms in total. The van der Waals surface area contributed by atoms with Crippen LogP contribution in [0.1, 0.15) is 0 Å². The van der Waals surface area contributed by atoms with Crippen molar-refractivity contribution >= 4 is 50.4 Å². The van der Waals surface area contributed by atoms with Gasteiger partial charge in [0.1, 0.15) is 0 Å². The minimum Gasteiger partial charge on any atom is -0.549 e. The zero-order valence-corrected chi connectivity index (χ0v) is 15.7. The molecule has 9 heteroatoms. The van der Waals surface area contributed by atoms with Crippen molar-refractivity contribution in [2.45, 2.75) is 9.79 Å². The summed E-state index contributed by atoms with van der Waals surface area (Å²) in [5, 5.41) is 13.6. The summed E-state index contributed by atoms with van der Waals surface area (Å²) >= 11 is 2.28. The molecule has 0 fully saturated rings. The number of benzene rings is 2. The molecule has 2 aromatic rings. The van der Waals surface area contributed by atoms with E-state index < -0.39 is 21.7 Å². The van der Waals surface area contributed by atoms with Crippen molar-refractivity contribution in [3.8, 4) is 0 Å². The van der Waals surface area contributed by atoms with Gasteiger partial charge in [0, 0.05) is 16.3 Å². The van der Waals surface area contributed by atoms with E-state index >= 15 is 0 Å². The van der Waals surface area contributed by atoms with Gasteiger partial charge in [0.15, 0.2) is 5.17 Å². The molecule has 0 saturated carbocycles. The van der Waals surface area contributed by atoms with E-state index in [9.17, 15) is 18.3 Å². The molecule has 0 spiro atoms. The quantitative estimate of drug-likeness (QED) is 0.454. The van der Waals surface area contributed by atoms with Gasteiger partial charge in [-0.15, -0.1) is 16.2 Å². The summed E-state index contributed by atoms with van der Waals surface area (Å²) in [7, 11) is -3.96. The van der Waals surface area contributed by atoms with Crippen LogP contribution in [0.15, 0.2) is 68.8 Å². The third-order valence-corrected chi connectivity index (χ3v) is 5.87. The summed E-state index contributed by atoms with van der Waals surface area (Å²) in [6, 6.07) is 15.0. The second-order valence-electron chi connectivity index (χ2n) is 4.70. The third-order valence-electron chi connectivity index (χ3n) is 2.89. The molecule has 132 valence electrons. The van der Waals surface area contributed by atoms with Gasteiger partial charge in [0.2, 0.25) is 0 Å². The highest BCUT2D eigenvalue weighted by Crippen LogP contribution is 2.21. The number of hydrogen-bond acceptors (Lipinski definition) is 6. The first-order chi connectivity index (χ1) is 11.9. The maximum absolute atomic E-state index is 12.4. The van der Waals surface area contributed by atoms with Crippen LogP contribution < -0.4 is 10.4 Å². The lowest BCUT2D eigenvalue weighted by atomic mass is 10.3. The van der Waals surface area contributed by atoms with Crippen LogP contribution in [0.3, 0.4) is 0 Å². The molecule has 0 radical (unpaired) electrons. The summed E-state index contributed by atoms with van der Waals surface area (Å²) < 4.78 is 28.5. The number of aliphatic carboxylic acids is 1. The first kappa shape index (κ1) is 19.4. The number of nitrogens with one attached hydrogen (secondary N) is 1. The minimum atomic E-state index is -3.96. The Bertz CT molecular complexity index is 868. The van der Waals surface area contributed by atoms with Gasteiger partial charge >= 0.3 is 0 Å². The summed E-state index contributed by atoms with van der Waals surface area (Å²) in [6.07, 6.45) is 1.92. The smallest absolute Gasteiger partial charge is 0.284 e. The van der Waals surface area contributed by atoms with Crippen molar-refractivity contribution in [3.05, 3.63) is 54.6 Å². The number of rotatable bonds is 6. The Balaban J connectivity index is 2.32. The zero-order chi connectivity index (χ0) is 18.3. The van der Waals surface area contributed by atoms with Crippen molar-refractivity contribution in [1.82, 2.24) is 0 Å². The van der Waals surface area contributed by atoms with Crippen molar-refractivity contribution < 1.29 is 18.3 Å². The van der Waals surface area contributed by atoms with Crippen LogP contribution in [0.25, 0.3) is 0 Å². The average molecular weight is 396 g/mol. The Hall–Kier alpha value is -1.97. The Labute approximate surface area is 154 Å². The first-order valence-corrected chi connectivity index (χ1v) is 10.7. The maximum atomic E-state index is 12.4.